The molecule has 0 spiro atoms. The zero-order valence-corrected chi connectivity index (χ0v) is 5.84. The van der Waals surface area contributed by atoms with Crippen LogP contribution in [0.15, 0.2) is 0 Å². The molecule has 1 fully saturated rings. The number of hydrogen-bond acceptors (Lipinski definition) is 4. The summed E-state index contributed by atoms with van der Waals surface area (Å²) in [5, 5.41) is 10.2. The van der Waals surface area contributed by atoms with Gasteiger partial charge in [-0.2, -0.15) is 5.26 Å². The van der Waals surface area contributed by atoms with Crippen LogP contribution in [0.2, 0.25) is 0 Å². The average molecular weight is 141 g/mol. The highest BCUT2D eigenvalue weighted by Crippen LogP contribution is 1.90. The lowest BCUT2D eigenvalue weighted by molar-refractivity contribution is 0.0146. The number of rotatable bonds is 2. The molecule has 0 bridgehead atoms. The molecule has 10 heavy (non-hydrogen) atoms. The molecule has 0 aliphatic carbocycles. The minimum atomic E-state index is 0.389. The molecule has 1 aliphatic rings. The monoisotopic (exact) mass is 141 g/mol. The molecule has 1 heterocycles. The molecule has 0 unspecified atom stereocenters. The van der Waals surface area contributed by atoms with E-state index in [1.807, 2.05) is 11.1 Å². The number of nitrogens with zero attached hydrogens (tertiary/aromatic N) is 2. The Balaban J connectivity index is 2.09. The number of nitriles is 1. The molecule has 56 valence electrons. The quantitative estimate of drug-likeness (QED) is 0.519. The second kappa shape index (κ2) is 4.23. The van der Waals surface area contributed by atoms with Gasteiger partial charge in [0, 0.05) is 13.1 Å². The Morgan fingerprint density at radius 3 is 2.80 bits per heavy atom. The molecule has 4 heteroatoms. The van der Waals surface area contributed by atoms with Crippen LogP contribution in [-0.2, 0) is 4.74 Å². The summed E-state index contributed by atoms with van der Waals surface area (Å²) in [6.07, 6.45) is 0. The van der Waals surface area contributed by atoms with E-state index in [9.17, 15) is 0 Å². The average Bonchev–Trinajstić information content (AvgIpc) is 2.03. The third-order valence-corrected chi connectivity index (χ3v) is 1.39. The van der Waals surface area contributed by atoms with E-state index in [2.05, 4.69) is 5.43 Å². The first kappa shape index (κ1) is 7.48. The molecule has 0 radical (unpaired) electrons. The van der Waals surface area contributed by atoms with Gasteiger partial charge in [0.25, 0.3) is 0 Å². The topological polar surface area (TPSA) is 48.3 Å². The minimum Gasteiger partial charge on any atom is -0.379 e. The van der Waals surface area contributed by atoms with Gasteiger partial charge in [-0.05, 0) is 0 Å². The van der Waals surface area contributed by atoms with Gasteiger partial charge >= 0.3 is 0 Å². The van der Waals surface area contributed by atoms with Crippen molar-refractivity contribution in [2.24, 2.45) is 0 Å². The number of hydrogen-bond donors (Lipinski definition) is 1. The summed E-state index contributed by atoms with van der Waals surface area (Å²) in [7, 11) is 0. The Kier molecular flexibility index (Phi) is 3.16. The minimum absolute atomic E-state index is 0.389. The highest BCUT2D eigenvalue weighted by atomic mass is 16.5. The molecule has 4 nitrogen and oxygen atoms in total. The van der Waals surface area contributed by atoms with Crippen LogP contribution >= 0.6 is 0 Å². The van der Waals surface area contributed by atoms with Crippen molar-refractivity contribution in [1.29, 1.82) is 5.26 Å². The Morgan fingerprint density at radius 1 is 1.50 bits per heavy atom. The largest absolute Gasteiger partial charge is 0.379 e. The van der Waals surface area contributed by atoms with Gasteiger partial charge in [-0.25, -0.2) is 10.4 Å². The van der Waals surface area contributed by atoms with Crippen LogP contribution in [0.5, 0.6) is 0 Å². The summed E-state index contributed by atoms with van der Waals surface area (Å²) in [5.74, 6) is 0. The maximum absolute atomic E-state index is 8.23. The maximum atomic E-state index is 8.23. The van der Waals surface area contributed by atoms with Crippen LogP contribution < -0.4 is 5.43 Å². The van der Waals surface area contributed by atoms with E-state index in [1.165, 1.54) is 0 Å². The third kappa shape index (κ3) is 2.31. The van der Waals surface area contributed by atoms with Crippen molar-refractivity contribution in [3.8, 4) is 6.07 Å². The van der Waals surface area contributed by atoms with Crippen LogP contribution in [0, 0.1) is 11.3 Å². The van der Waals surface area contributed by atoms with E-state index in [1.54, 1.807) is 0 Å². The molecule has 1 saturated heterocycles. The second-order valence-corrected chi connectivity index (χ2v) is 2.09. The lowest BCUT2D eigenvalue weighted by Gasteiger charge is -2.25. The predicted octanol–water partition coefficient (Wildman–Crippen LogP) is -0.653. The van der Waals surface area contributed by atoms with Gasteiger partial charge in [0.1, 0.15) is 0 Å². The van der Waals surface area contributed by atoms with E-state index in [-0.39, 0.29) is 0 Å². The van der Waals surface area contributed by atoms with Crippen molar-refractivity contribution in [3.63, 3.8) is 0 Å². The van der Waals surface area contributed by atoms with Crippen molar-refractivity contribution in [2.45, 2.75) is 0 Å². The number of morpholine rings is 1. The molecular weight excluding hydrogens is 130 g/mol. The summed E-state index contributed by atoms with van der Waals surface area (Å²) in [6.45, 7) is 3.67. The molecule has 1 rings (SSSR count). The first-order valence-corrected chi connectivity index (χ1v) is 3.36. The summed E-state index contributed by atoms with van der Waals surface area (Å²) < 4.78 is 5.12. The van der Waals surface area contributed by atoms with Crippen molar-refractivity contribution in [2.75, 3.05) is 32.8 Å². The Hall–Kier alpha value is -0.630. The highest BCUT2D eigenvalue weighted by Gasteiger charge is 2.07. The Labute approximate surface area is 60.3 Å². The van der Waals surface area contributed by atoms with Crippen molar-refractivity contribution >= 4 is 0 Å². The highest BCUT2D eigenvalue weighted by molar-refractivity contribution is 4.72. The zero-order valence-electron chi connectivity index (χ0n) is 5.84. The fourth-order valence-corrected chi connectivity index (χ4v) is 0.869. The van der Waals surface area contributed by atoms with E-state index in [0.717, 1.165) is 26.3 Å². The summed E-state index contributed by atoms with van der Waals surface area (Å²) >= 11 is 0. The second-order valence-electron chi connectivity index (χ2n) is 2.09. The van der Waals surface area contributed by atoms with Gasteiger partial charge in [-0.1, -0.05) is 0 Å². The molecule has 1 aliphatic heterocycles. The molecular formula is C6H11N3O. The van der Waals surface area contributed by atoms with Crippen LogP contribution in [0.1, 0.15) is 0 Å². The Bertz CT molecular complexity index is 125. The summed E-state index contributed by atoms with van der Waals surface area (Å²) in [6, 6.07) is 2.02. The van der Waals surface area contributed by atoms with Crippen molar-refractivity contribution in [1.82, 2.24) is 10.4 Å². The normalized spacial score (nSPS) is 20.3. The smallest absolute Gasteiger partial charge is 0.0974 e. The SMILES string of the molecule is N#CCNN1CCOCC1. The van der Waals surface area contributed by atoms with Gasteiger partial charge in [-0.15, -0.1) is 0 Å². The first-order valence-electron chi connectivity index (χ1n) is 3.36. The predicted molar refractivity (Wildman–Crippen MR) is 36.0 cm³/mol. The first-order chi connectivity index (χ1) is 4.93. The van der Waals surface area contributed by atoms with Gasteiger partial charge < -0.3 is 4.74 Å². The summed E-state index contributed by atoms with van der Waals surface area (Å²) in [5.41, 5.74) is 2.96. The van der Waals surface area contributed by atoms with E-state index in [0.29, 0.717) is 6.54 Å². The van der Waals surface area contributed by atoms with Crippen LogP contribution in [-0.4, -0.2) is 37.9 Å². The van der Waals surface area contributed by atoms with Gasteiger partial charge in [0.05, 0.1) is 25.8 Å². The van der Waals surface area contributed by atoms with Crippen LogP contribution in [0.3, 0.4) is 0 Å². The number of hydrazine groups is 1. The molecule has 0 aromatic carbocycles. The van der Waals surface area contributed by atoms with Crippen LogP contribution in [0.4, 0.5) is 0 Å². The van der Waals surface area contributed by atoms with E-state index < -0.39 is 0 Å². The standard InChI is InChI=1S/C6H11N3O/c7-1-2-8-9-3-5-10-6-4-9/h8H,2-6H2. The molecule has 0 aromatic rings. The van der Waals surface area contributed by atoms with Crippen molar-refractivity contribution < 1.29 is 4.74 Å². The molecule has 0 amide bonds. The summed E-state index contributed by atoms with van der Waals surface area (Å²) in [4.78, 5) is 0. The lowest BCUT2D eigenvalue weighted by atomic mass is 10.5. The van der Waals surface area contributed by atoms with Gasteiger partial charge in [0.15, 0.2) is 0 Å². The fourth-order valence-electron chi connectivity index (χ4n) is 0.869. The zero-order chi connectivity index (χ0) is 7.23. The third-order valence-electron chi connectivity index (χ3n) is 1.39. The fraction of sp³-hybridized carbons (Fsp3) is 0.833. The van der Waals surface area contributed by atoms with E-state index >= 15 is 0 Å². The number of ether oxygens (including phenoxy) is 1. The van der Waals surface area contributed by atoms with Gasteiger partial charge in [0.2, 0.25) is 0 Å². The van der Waals surface area contributed by atoms with Crippen molar-refractivity contribution in [3.05, 3.63) is 0 Å². The number of nitrogens with one attached hydrogen (secondary N) is 1. The van der Waals surface area contributed by atoms with E-state index in [4.69, 9.17) is 10.00 Å². The molecule has 0 atom stereocenters. The van der Waals surface area contributed by atoms with Crippen LogP contribution in [0.25, 0.3) is 0 Å². The molecule has 0 saturated carbocycles. The maximum Gasteiger partial charge on any atom is 0.0974 e. The lowest BCUT2D eigenvalue weighted by Crippen LogP contribution is -2.45. The van der Waals surface area contributed by atoms with Gasteiger partial charge in [-0.3, -0.25) is 0 Å². The molecule has 0 aromatic heterocycles. The Morgan fingerprint density at radius 2 is 2.20 bits per heavy atom. The molecule has 1 N–H and O–H groups in total.